The van der Waals surface area contributed by atoms with E-state index in [2.05, 4.69) is 0 Å². The second-order valence-electron chi connectivity index (χ2n) is 5.07. The van der Waals surface area contributed by atoms with E-state index in [4.69, 9.17) is 13.9 Å². The van der Waals surface area contributed by atoms with Gasteiger partial charge in [0, 0.05) is 12.1 Å². The molecule has 0 unspecified atom stereocenters. The van der Waals surface area contributed by atoms with Crippen LogP contribution in [0.2, 0.25) is 0 Å². The molecule has 0 N–H and O–H groups in total. The maximum absolute atomic E-state index is 11.0. The molecular formula is C18H16NO5+. The minimum Gasteiger partial charge on any atom is -0.497 e. The van der Waals surface area contributed by atoms with Crippen LogP contribution in [0.3, 0.4) is 0 Å². The summed E-state index contributed by atoms with van der Waals surface area (Å²) in [5, 5.41) is 11.6. The number of benzene rings is 2. The highest BCUT2D eigenvalue weighted by Crippen LogP contribution is 2.35. The van der Waals surface area contributed by atoms with Crippen molar-refractivity contribution < 1.29 is 18.8 Å². The summed E-state index contributed by atoms with van der Waals surface area (Å²) in [5.41, 5.74) is 1.38. The van der Waals surface area contributed by atoms with Crippen molar-refractivity contribution in [2.45, 2.75) is 6.92 Å². The third-order valence-electron chi connectivity index (χ3n) is 3.60. The highest BCUT2D eigenvalue weighted by Gasteiger charge is 2.22. The predicted molar refractivity (Wildman–Crippen MR) is 90.4 cm³/mol. The Morgan fingerprint density at radius 2 is 1.88 bits per heavy atom. The quantitative estimate of drug-likeness (QED) is 0.386. The van der Waals surface area contributed by atoms with Gasteiger partial charge in [-0.1, -0.05) is 0 Å². The molecule has 0 amide bonds. The van der Waals surface area contributed by atoms with Crippen LogP contribution in [0, 0.1) is 10.1 Å². The third-order valence-corrected chi connectivity index (χ3v) is 3.60. The van der Waals surface area contributed by atoms with Gasteiger partial charge in [0.05, 0.1) is 36.3 Å². The fourth-order valence-corrected chi connectivity index (χ4v) is 2.43. The summed E-state index contributed by atoms with van der Waals surface area (Å²) in [6, 6.07) is 13.6. The van der Waals surface area contributed by atoms with Crippen molar-refractivity contribution in [2.75, 3.05) is 13.7 Å². The highest BCUT2D eigenvalue weighted by molar-refractivity contribution is 5.87. The van der Waals surface area contributed by atoms with Crippen LogP contribution in [0.4, 0.5) is 5.69 Å². The Bertz CT molecular complexity index is 890. The first-order valence-electron chi connectivity index (χ1n) is 7.45. The number of hydrogen-bond donors (Lipinski definition) is 0. The van der Waals surface area contributed by atoms with Crippen LogP contribution in [-0.4, -0.2) is 18.6 Å². The fourth-order valence-electron chi connectivity index (χ4n) is 2.43. The molecule has 0 atom stereocenters. The van der Waals surface area contributed by atoms with Crippen molar-refractivity contribution in [3.8, 4) is 22.8 Å². The van der Waals surface area contributed by atoms with E-state index in [1.54, 1.807) is 19.2 Å². The van der Waals surface area contributed by atoms with E-state index in [0.29, 0.717) is 29.1 Å². The molecule has 1 heterocycles. The lowest BCUT2D eigenvalue weighted by atomic mass is 10.1. The van der Waals surface area contributed by atoms with Crippen LogP contribution in [0.1, 0.15) is 6.92 Å². The zero-order valence-corrected chi connectivity index (χ0v) is 13.3. The number of ether oxygens (including phenoxy) is 2. The molecule has 0 aliphatic carbocycles. The first-order chi connectivity index (χ1) is 11.6. The van der Waals surface area contributed by atoms with Crippen LogP contribution in [0.5, 0.6) is 11.5 Å². The van der Waals surface area contributed by atoms with Gasteiger partial charge in [0.25, 0.3) is 5.69 Å². The van der Waals surface area contributed by atoms with Crippen LogP contribution in [-0.2, 0) is 0 Å². The van der Waals surface area contributed by atoms with Gasteiger partial charge >= 0.3 is 11.3 Å². The summed E-state index contributed by atoms with van der Waals surface area (Å²) >= 11 is 0. The summed E-state index contributed by atoms with van der Waals surface area (Å²) in [6.07, 6.45) is 0. The Hall–Kier alpha value is -3.15. The van der Waals surface area contributed by atoms with Gasteiger partial charge < -0.3 is 9.47 Å². The van der Waals surface area contributed by atoms with Gasteiger partial charge in [0.1, 0.15) is 16.9 Å². The summed E-state index contributed by atoms with van der Waals surface area (Å²) < 4.78 is 16.7. The number of hydrogen-bond acceptors (Lipinski definition) is 4. The Morgan fingerprint density at radius 1 is 1.12 bits per heavy atom. The van der Waals surface area contributed by atoms with Gasteiger partial charge in [-0.05, 0) is 31.2 Å². The lowest BCUT2D eigenvalue weighted by Gasteiger charge is -2.04. The molecule has 3 rings (SSSR count). The monoisotopic (exact) mass is 326 g/mol. The predicted octanol–water partition coefficient (Wildman–Crippen LogP) is 4.70. The number of rotatable bonds is 5. The van der Waals surface area contributed by atoms with E-state index >= 15 is 0 Å². The van der Waals surface area contributed by atoms with E-state index in [-0.39, 0.29) is 5.69 Å². The molecular weight excluding hydrogens is 310 g/mol. The molecule has 0 aliphatic rings. The molecule has 0 bridgehead atoms. The average Bonchev–Trinajstić information content (AvgIpc) is 2.61. The van der Waals surface area contributed by atoms with Crippen LogP contribution in [0.15, 0.2) is 52.9 Å². The minimum atomic E-state index is -0.438. The van der Waals surface area contributed by atoms with Crippen molar-refractivity contribution in [3.05, 3.63) is 58.6 Å². The first kappa shape index (κ1) is 15.7. The van der Waals surface area contributed by atoms with E-state index < -0.39 is 4.92 Å². The largest absolute Gasteiger partial charge is 0.497 e. The molecule has 0 fully saturated rings. The molecule has 0 spiro atoms. The van der Waals surface area contributed by atoms with Gasteiger partial charge in [0.15, 0.2) is 0 Å². The van der Waals surface area contributed by atoms with Gasteiger partial charge in [-0.3, -0.25) is 10.1 Å². The van der Waals surface area contributed by atoms with Crippen molar-refractivity contribution >= 4 is 16.7 Å². The number of fused-ring (bicyclic) bond motifs is 1. The summed E-state index contributed by atoms with van der Waals surface area (Å²) in [7, 11) is 1.61. The van der Waals surface area contributed by atoms with E-state index in [9.17, 15) is 10.1 Å². The van der Waals surface area contributed by atoms with E-state index in [1.807, 2.05) is 31.2 Å². The first-order valence-corrected chi connectivity index (χ1v) is 7.45. The molecule has 0 saturated carbocycles. The van der Waals surface area contributed by atoms with Crippen molar-refractivity contribution in [3.63, 3.8) is 0 Å². The van der Waals surface area contributed by atoms with E-state index in [1.165, 1.54) is 12.1 Å². The average molecular weight is 326 g/mol. The summed E-state index contributed by atoms with van der Waals surface area (Å²) in [5.74, 6) is 1.91. The molecule has 0 saturated heterocycles. The van der Waals surface area contributed by atoms with E-state index in [0.717, 1.165) is 11.3 Å². The SMILES string of the molecule is CCOc1cc(-c2ccc(OC)cc2)[o+]c2ccc([N+](=O)[O-])cc12. The molecule has 24 heavy (non-hydrogen) atoms. The lowest BCUT2D eigenvalue weighted by molar-refractivity contribution is -0.384. The molecule has 1 aromatic heterocycles. The molecule has 3 aromatic rings. The molecule has 0 radical (unpaired) electrons. The van der Waals surface area contributed by atoms with Gasteiger partial charge in [-0.25, -0.2) is 4.42 Å². The second kappa shape index (κ2) is 6.54. The molecule has 6 heteroatoms. The smallest absolute Gasteiger partial charge is 0.365 e. The number of nitro benzene ring substituents is 1. The minimum absolute atomic E-state index is 0.00384. The Balaban J connectivity index is 2.15. The number of nitro groups is 1. The zero-order valence-electron chi connectivity index (χ0n) is 13.3. The molecule has 122 valence electrons. The maximum Gasteiger partial charge on any atom is 0.365 e. The van der Waals surface area contributed by atoms with Crippen LogP contribution >= 0.6 is 0 Å². The molecule has 2 aromatic carbocycles. The highest BCUT2D eigenvalue weighted by atomic mass is 16.6. The van der Waals surface area contributed by atoms with Crippen LogP contribution in [0.25, 0.3) is 22.3 Å². The van der Waals surface area contributed by atoms with Gasteiger partial charge in [0.2, 0.25) is 0 Å². The molecule has 6 nitrogen and oxygen atoms in total. The van der Waals surface area contributed by atoms with Gasteiger partial charge in [-0.15, -0.1) is 0 Å². The van der Waals surface area contributed by atoms with Crippen LogP contribution < -0.4 is 9.47 Å². The lowest BCUT2D eigenvalue weighted by Crippen LogP contribution is -1.95. The Kier molecular flexibility index (Phi) is 4.29. The topological polar surface area (TPSA) is 72.9 Å². The normalized spacial score (nSPS) is 10.6. The molecule has 0 aliphatic heterocycles. The fraction of sp³-hybridized carbons (Fsp3) is 0.167. The Labute approximate surface area is 138 Å². The third kappa shape index (κ3) is 2.99. The van der Waals surface area contributed by atoms with Crippen molar-refractivity contribution in [2.24, 2.45) is 0 Å². The maximum atomic E-state index is 11.0. The van der Waals surface area contributed by atoms with Gasteiger partial charge in [-0.2, -0.15) is 0 Å². The zero-order chi connectivity index (χ0) is 17.1. The number of nitrogens with zero attached hydrogens (tertiary/aromatic N) is 1. The Morgan fingerprint density at radius 3 is 2.50 bits per heavy atom. The number of methoxy groups -OCH3 is 1. The second-order valence-corrected chi connectivity index (χ2v) is 5.07. The standard InChI is InChI=1S/C18H16NO5/c1-3-23-18-11-17(12-4-7-14(22-2)8-5-12)24-16-9-6-13(19(20)21)10-15(16)18/h4-11H,3H2,1-2H3/q+1. The van der Waals surface area contributed by atoms with Crippen molar-refractivity contribution in [1.29, 1.82) is 0 Å². The summed E-state index contributed by atoms with van der Waals surface area (Å²) in [6.45, 7) is 2.31. The number of non-ortho nitro benzene ring substituents is 1. The summed E-state index contributed by atoms with van der Waals surface area (Å²) in [4.78, 5) is 10.5. The van der Waals surface area contributed by atoms with Crippen molar-refractivity contribution in [1.82, 2.24) is 0 Å².